The molecular weight excluding hydrogens is 332 g/mol. The Kier molecular flexibility index (Phi) is 5.88. The molecule has 2 heterocycles. The molecule has 0 aromatic carbocycles. The van der Waals surface area contributed by atoms with Crippen LogP contribution in [0, 0.1) is 5.92 Å². The number of aliphatic hydroxyl groups excluding tert-OH is 1. The lowest BCUT2D eigenvalue weighted by atomic mass is 9.90. The van der Waals surface area contributed by atoms with Crippen LogP contribution in [0.25, 0.3) is 0 Å². The van der Waals surface area contributed by atoms with Crippen LogP contribution in [0.4, 0.5) is 5.82 Å². The summed E-state index contributed by atoms with van der Waals surface area (Å²) in [5.74, 6) is 1.16. The third-order valence-corrected chi connectivity index (χ3v) is 4.13. The van der Waals surface area contributed by atoms with Gasteiger partial charge in [-0.25, -0.2) is 4.98 Å². The minimum Gasteiger partial charge on any atom is -0.396 e. The Morgan fingerprint density at radius 3 is 2.89 bits per heavy atom. The molecule has 19 heavy (non-hydrogen) atoms. The summed E-state index contributed by atoms with van der Waals surface area (Å²) in [4.78, 5) is 4.29. The second kappa shape index (κ2) is 7.43. The predicted molar refractivity (Wildman–Crippen MR) is 79.6 cm³/mol. The van der Waals surface area contributed by atoms with Crippen molar-refractivity contribution in [2.75, 3.05) is 25.1 Å². The van der Waals surface area contributed by atoms with Crippen molar-refractivity contribution in [3.05, 3.63) is 21.8 Å². The molecule has 4 nitrogen and oxygen atoms in total. The average molecular weight is 350 g/mol. The number of ether oxygens (including phenoxy) is 1. The van der Waals surface area contributed by atoms with Crippen molar-refractivity contribution in [1.82, 2.24) is 4.98 Å². The zero-order chi connectivity index (χ0) is 13.7. The fraction of sp³-hybridized carbons (Fsp3) is 0.615. The van der Waals surface area contributed by atoms with Gasteiger partial charge in [0.15, 0.2) is 0 Å². The van der Waals surface area contributed by atoms with Crippen LogP contribution in [0.5, 0.6) is 0 Å². The van der Waals surface area contributed by atoms with Gasteiger partial charge in [-0.05, 0) is 47.2 Å². The van der Waals surface area contributed by atoms with Crippen LogP contribution in [-0.2, 0) is 4.74 Å². The highest BCUT2D eigenvalue weighted by Crippen LogP contribution is 2.28. The first kappa shape index (κ1) is 15.0. The van der Waals surface area contributed by atoms with Crippen molar-refractivity contribution >= 4 is 33.3 Å². The number of anilines is 1. The molecule has 1 aliphatic rings. The van der Waals surface area contributed by atoms with Gasteiger partial charge in [0, 0.05) is 36.5 Å². The lowest BCUT2D eigenvalue weighted by molar-refractivity contribution is 0.0577. The van der Waals surface area contributed by atoms with E-state index in [9.17, 15) is 5.11 Å². The van der Waals surface area contributed by atoms with E-state index in [1.165, 1.54) is 0 Å². The highest BCUT2D eigenvalue weighted by molar-refractivity contribution is 9.10. The van der Waals surface area contributed by atoms with Crippen molar-refractivity contribution in [3.63, 3.8) is 0 Å². The van der Waals surface area contributed by atoms with Gasteiger partial charge in [-0.15, -0.1) is 0 Å². The minimum absolute atomic E-state index is 0.156. The summed E-state index contributed by atoms with van der Waals surface area (Å²) in [6, 6.07) is 2.00. The molecular formula is C13H18BrClN2O2. The maximum atomic E-state index is 9.23. The minimum atomic E-state index is 0.156. The van der Waals surface area contributed by atoms with E-state index in [4.69, 9.17) is 16.3 Å². The van der Waals surface area contributed by atoms with E-state index in [1.807, 2.05) is 6.07 Å². The normalized spacial score (nSPS) is 18.3. The first-order chi connectivity index (χ1) is 9.20. The van der Waals surface area contributed by atoms with Gasteiger partial charge in [-0.3, -0.25) is 0 Å². The zero-order valence-corrected chi connectivity index (χ0v) is 13.0. The SMILES string of the molecule is OCCC(Nc1ncc(Br)cc1Cl)C1CCOCC1. The van der Waals surface area contributed by atoms with Gasteiger partial charge < -0.3 is 15.2 Å². The molecule has 2 rings (SSSR count). The zero-order valence-electron chi connectivity index (χ0n) is 10.6. The Morgan fingerprint density at radius 1 is 1.53 bits per heavy atom. The Hall–Kier alpha value is -0.360. The molecule has 0 aliphatic carbocycles. The number of hydrogen-bond donors (Lipinski definition) is 2. The molecule has 1 unspecified atom stereocenters. The van der Waals surface area contributed by atoms with E-state index in [-0.39, 0.29) is 12.6 Å². The molecule has 1 aromatic rings. The van der Waals surface area contributed by atoms with Gasteiger partial charge in [0.2, 0.25) is 0 Å². The number of nitrogens with zero attached hydrogens (tertiary/aromatic N) is 1. The molecule has 0 radical (unpaired) electrons. The summed E-state index contributed by atoms with van der Waals surface area (Å²) in [6.45, 7) is 1.73. The Morgan fingerprint density at radius 2 is 2.26 bits per heavy atom. The molecule has 1 fully saturated rings. The van der Waals surface area contributed by atoms with Crippen molar-refractivity contribution < 1.29 is 9.84 Å². The predicted octanol–water partition coefficient (Wildman–Crippen LogP) is 3.09. The molecule has 1 aliphatic heterocycles. The molecule has 6 heteroatoms. The number of rotatable bonds is 5. The molecule has 1 saturated heterocycles. The quantitative estimate of drug-likeness (QED) is 0.858. The number of hydrogen-bond acceptors (Lipinski definition) is 4. The van der Waals surface area contributed by atoms with Gasteiger partial charge >= 0.3 is 0 Å². The van der Waals surface area contributed by atoms with Crippen LogP contribution in [0.1, 0.15) is 19.3 Å². The van der Waals surface area contributed by atoms with Crippen molar-refractivity contribution in [3.8, 4) is 0 Å². The maximum Gasteiger partial charge on any atom is 0.145 e. The van der Waals surface area contributed by atoms with Crippen LogP contribution < -0.4 is 5.32 Å². The highest BCUT2D eigenvalue weighted by Gasteiger charge is 2.24. The van der Waals surface area contributed by atoms with Crippen molar-refractivity contribution in [1.29, 1.82) is 0 Å². The summed E-state index contributed by atoms with van der Waals surface area (Å²) in [6.07, 6.45) is 4.42. The van der Waals surface area contributed by atoms with E-state index < -0.39 is 0 Å². The van der Waals surface area contributed by atoms with Crippen LogP contribution in [-0.4, -0.2) is 36.0 Å². The van der Waals surface area contributed by atoms with Gasteiger partial charge in [0.1, 0.15) is 5.82 Å². The summed E-state index contributed by atoms with van der Waals surface area (Å²) in [5.41, 5.74) is 0. The topological polar surface area (TPSA) is 54.4 Å². The molecule has 0 amide bonds. The van der Waals surface area contributed by atoms with E-state index in [2.05, 4.69) is 26.2 Å². The second-order valence-corrected chi connectivity index (χ2v) is 6.02. The monoisotopic (exact) mass is 348 g/mol. The Balaban J connectivity index is 2.06. The summed E-state index contributed by atoms with van der Waals surface area (Å²) >= 11 is 9.51. The lowest BCUT2D eigenvalue weighted by Gasteiger charge is -2.31. The Bertz CT molecular complexity index is 414. The van der Waals surface area contributed by atoms with E-state index >= 15 is 0 Å². The number of aliphatic hydroxyl groups is 1. The van der Waals surface area contributed by atoms with E-state index in [0.717, 1.165) is 30.5 Å². The summed E-state index contributed by atoms with van der Waals surface area (Å²) in [7, 11) is 0. The van der Waals surface area contributed by atoms with E-state index in [1.54, 1.807) is 6.20 Å². The van der Waals surface area contributed by atoms with Crippen LogP contribution >= 0.6 is 27.5 Å². The first-order valence-corrected chi connectivity index (χ1v) is 7.64. The van der Waals surface area contributed by atoms with Crippen LogP contribution in [0.15, 0.2) is 16.7 Å². The molecule has 0 spiro atoms. The smallest absolute Gasteiger partial charge is 0.145 e. The lowest BCUT2D eigenvalue weighted by Crippen LogP contribution is -2.34. The van der Waals surface area contributed by atoms with Gasteiger partial charge in [0.05, 0.1) is 5.02 Å². The van der Waals surface area contributed by atoms with Crippen LogP contribution in [0.2, 0.25) is 5.02 Å². The molecule has 2 N–H and O–H groups in total. The molecule has 0 saturated carbocycles. The van der Waals surface area contributed by atoms with E-state index in [0.29, 0.717) is 23.2 Å². The third kappa shape index (κ3) is 4.31. The maximum absolute atomic E-state index is 9.23. The number of aromatic nitrogens is 1. The van der Waals surface area contributed by atoms with Crippen LogP contribution in [0.3, 0.4) is 0 Å². The third-order valence-electron chi connectivity index (χ3n) is 3.41. The molecule has 1 aromatic heterocycles. The molecule has 0 bridgehead atoms. The largest absolute Gasteiger partial charge is 0.396 e. The molecule has 1 atom stereocenters. The Labute approximate surface area is 126 Å². The fourth-order valence-corrected chi connectivity index (χ4v) is 3.06. The highest BCUT2D eigenvalue weighted by atomic mass is 79.9. The number of halogens is 2. The molecule has 106 valence electrons. The first-order valence-electron chi connectivity index (χ1n) is 6.47. The number of pyridine rings is 1. The average Bonchev–Trinajstić information content (AvgIpc) is 2.42. The summed E-state index contributed by atoms with van der Waals surface area (Å²) in [5, 5.41) is 13.2. The van der Waals surface area contributed by atoms with Gasteiger partial charge in [0.25, 0.3) is 0 Å². The standard InChI is InChI=1S/C13H18BrClN2O2/c14-10-7-11(15)13(16-8-10)17-12(1-4-18)9-2-5-19-6-3-9/h7-9,12,18H,1-6H2,(H,16,17). The van der Waals surface area contributed by atoms with Gasteiger partial charge in [-0.1, -0.05) is 11.6 Å². The van der Waals surface area contributed by atoms with Gasteiger partial charge in [-0.2, -0.15) is 0 Å². The fourth-order valence-electron chi connectivity index (χ4n) is 2.38. The van der Waals surface area contributed by atoms with Crippen molar-refractivity contribution in [2.45, 2.75) is 25.3 Å². The summed E-state index contributed by atoms with van der Waals surface area (Å²) < 4.78 is 6.23. The second-order valence-electron chi connectivity index (χ2n) is 4.70. The number of nitrogens with one attached hydrogen (secondary N) is 1. The van der Waals surface area contributed by atoms with Crippen molar-refractivity contribution in [2.24, 2.45) is 5.92 Å².